The fourth-order valence-electron chi connectivity index (χ4n) is 3.19. The number of carbonyl (C=O) groups excluding carboxylic acids is 1. The van der Waals surface area contributed by atoms with E-state index >= 15 is 0 Å². The average Bonchev–Trinajstić information content (AvgIpc) is 3.01. The maximum Gasteiger partial charge on any atom is 0.239 e. The Labute approximate surface area is 121 Å². The van der Waals surface area contributed by atoms with Crippen LogP contribution in [0.3, 0.4) is 0 Å². The molecule has 0 radical (unpaired) electrons. The molecule has 0 aromatic rings. The van der Waals surface area contributed by atoms with Crippen molar-refractivity contribution >= 4 is 5.91 Å². The molecule has 1 atom stereocenters. The van der Waals surface area contributed by atoms with Crippen molar-refractivity contribution < 1.29 is 14.3 Å². The van der Waals surface area contributed by atoms with E-state index in [2.05, 4.69) is 10.2 Å². The molecule has 1 unspecified atom stereocenters. The minimum absolute atomic E-state index is 0.0528. The minimum Gasteiger partial charge on any atom is -0.383 e. The fraction of sp³-hybridized carbons (Fsp3) is 0.929. The number of rotatable bonds is 6. The summed E-state index contributed by atoms with van der Waals surface area (Å²) in [7, 11) is 1.55. The van der Waals surface area contributed by atoms with Crippen molar-refractivity contribution in [2.75, 3.05) is 46.6 Å². The van der Waals surface area contributed by atoms with Gasteiger partial charge in [0.15, 0.2) is 0 Å². The third kappa shape index (κ3) is 3.69. The molecular weight excluding hydrogens is 258 g/mol. The molecule has 2 rings (SSSR count). The van der Waals surface area contributed by atoms with Crippen LogP contribution in [0.2, 0.25) is 0 Å². The quantitative estimate of drug-likeness (QED) is 0.702. The van der Waals surface area contributed by atoms with Crippen LogP contribution in [-0.2, 0) is 14.3 Å². The van der Waals surface area contributed by atoms with Gasteiger partial charge < -0.3 is 20.5 Å². The second kappa shape index (κ2) is 7.36. The van der Waals surface area contributed by atoms with Crippen LogP contribution in [0.4, 0.5) is 0 Å². The van der Waals surface area contributed by atoms with Gasteiger partial charge in [-0.15, -0.1) is 0 Å². The van der Waals surface area contributed by atoms with Crippen molar-refractivity contribution in [1.82, 2.24) is 10.2 Å². The summed E-state index contributed by atoms with van der Waals surface area (Å²) in [5.74, 6) is -0.128. The molecule has 0 saturated carbocycles. The smallest absolute Gasteiger partial charge is 0.239 e. The van der Waals surface area contributed by atoms with Crippen molar-refractivity contribution in [3.8, 4) is 0 Å². The summed E-state index contributed by atoms with van der Waals surface area (Å²) in [4.78, 5) is 14.5. The molecule has 0 aromatic heterocycles. The van der Waals surface area contributed by atoms with Gasteiger partial charge in [-0.25, -0.2) is 0 Å². The van der Waals surface area contributed by atoms with Crippen LogP contribution < -0.4 is 11.1 Å². The second-order valence-corrected chi connectivity index (χ2v) is 5.81. The molecule has 0 spiro atoms. The molecule has 2 fully saturated rings. The van der Waals surface area contributed by atoms with Crippen LogP contribution in [-0.4, -0.2) is 69.0 Å². The Morgan fingerprint density at radius 1 is 1.40 bits per heavy atom. The predicted octanol–water partition coefficient (Wildman–Crippen LogP) is -0.279. The minimum atomic E-state index is -0.588. The van der Waals surface area contributed by atoms with Gasteiger partial charge in [0.1, 0.15) is 6.04 Å². The number of carbonyl (C=O) groups is 1. The molecule has 20 heavy (non-hydrogen) atoms. The van der Waals surface area contributed by atoms with Crippen LogP contribution in [0.15, 0.2) is 0 Å². The van der Waals surface area contributed by atoms with Gasteiger partial charge in [-0.05, 0) is 38.8 Å². The molecule has 6 nitrogen and oxygen atoms in total. The highest BCUT2D eigenvalue weighted by atomic mass is 16.5. The number of ether oxygens (including phenoxy) is 2. The Bertz CT molecular complexity index is 313. The summed E-state index contributed by atoms with van der Waals surface area (Å²) >= 11 is 0. The van der Waals surface area contributed by atoms with Crippen LogP contribution in [0.1, 0.15) is 25.7 Å². The van der Waals surface area contributed by atoms with E-state index < -0.39 is 6.04 Å². The molecule has 2 aliphatic heterocycles. The maximum absolute atomic E-state index is 12.0. The van der Waals surface area contributed by atoms with Crippen LogP contribution in [0, 0.1) is 0 Å². The Morgan fingerprint density at radius 3 is 2.65 bits per heavy atom. The Balaban J connectivity index is 1.92. The maximum atomic E-state index is 12.0. The molecule has 0 aliphatic carbocycles. The van der Waals surface area contributed by atoms with Gasteiger partial charge in [0.05, 0.1) is 6.61 Å². The highest BCUT2D eigenvalue weighted by Crippen LogP contribution is 2.30. The summed E-state index contributed by atoms with van der Waals surface area (Å²) in [6.07, 6.45) is 4.46. The standard InChI is InChI=1S/C14H27N3O3/c1-19-10-12(15)13(18)16-11-14(4-8-20-9-5-14)17-6-2-3-7-17/h12H,2-11,15H2,1H3,(H,16,18). The number of methoxy groups -OCH3 is 1. The molecule has 2 heterocycles. The Hall–Kier alpha value is -0.690. The lowest BCUT2D eigenvalue weighted by atomic mass is 9.88. The van der Waals surface area contributed by atoms with Gasteiger partial charge in [-0.3, -0.25) is 9.69 Å². The van der Waals surface area contributed by atoms with E-state index in [0.29, 0.717) is 6.54 Å². The summed E-state index contributed by atoms with van der Waals surface area (Å²) < 4.78 is 10.4. The Morgan fingerprint density at radius 2 is 2.05 bits per heavy atom. The topological polar surface area (TPSA) is 76.8 Å². The highest BCUT2D eigenvalue weighted by Gasteiger charge is 2.40. The van der Waals surface area contributed by atoms with Crippen molar-refractivity contribution in [2.45, 2.75) is 37.3 Å². The van der Waals surface area contributed by atoms with E-state index in [1.54, 1.807) is 7.11 Å². The monoisotopic (exact) mass is 285 g/mol. The van der Waals surface area contributed by atoms with E-state index in [0.717, 1.165) is 39.1 Å². The van der Waals surface area contributed by atoms with Gasteiger partial charge in [-0.1, -0.05) is 0 Å². The molecule has 116 valence electrons. The molecule has 6 heteroatoms. The van der Waals surface area contributed by atoms with Crippen molar-refractivity contribution in [2.24, 2.45) is 5.73 Å². The first-order chi connectivity index (χ1) is 9.68. The number of nitrogens with zero attached hydrogens (tertiary/aromatic N) is 1. The molecule has 0 aromatic carbocycles. The first kappa shape index (κ1) is 15.7. The largest absolute Gasteiger partial charge is 0.383 e. The summed E-state index contributed by atoms with van der Waals surface area (Å²) in [5, 5.41) is 3.01. The van der Waals surface area contributed by atoms with Gasteiger partial charge in [0, 0.05) is 32.4 Å². The SMILES string of the molecule is COCC(N)C(=O)NCC1(N2CCCC2)CCOCC1. The second-order valence-electron chi connectivity index (χ2n) is 5.81. The molecule has 0 bridgehead atoms. The van der Waals surface area contributed by atoms with Gasteiger partial charge in [-0.2, -0.15) is 0 Å². The molecule has 2 aliphatic rings. The summed E-state index contributed by atoms with van der Waals surface area (Å²) in [5.41, 5.74) is 5.82. The molecule has 3 N–H and O–H groups in total. The lowest BCUT2D eigenvalue weighted by Crippen LogP contribution is -2.59. The van der Waals surface area contributed by atoms with E-state index in [1.165, 1.54) is 12.8 Å². The highest BCUT2D eigenvalue weighted by molar-refractivity contribution is 5.81. The first-order valence-electron chi connectivity index (χ1n) is 7.53. The Kier molecular flexibility index (Phi) is 5.77. The van der Waals surface area contributed by atoms with Crippen LogP contribution in [0.25, 0.3) is 0 Å². The van der Waals surface area contributed by atoms with Gasteiger partial charge >= 0.3 is 0 Å². The lowest BCUT2D eigenvalue weighted by Gasteiger charge is -2.44. The van der Waals surface area contributed by atoms with Crippen molar-refractivity contribution in [3.63, 3.8) is 0 Å². The van der Waals surface area contributed by atoms with Crippen LogP contribution >= 0.6 is 0 Å². The average molecular weight is 285 g/mol. The number of likely N-dealkylation sites (tertiary alicyclic amines) is 1. The van der Waals surface area contributed by atoms with E-state index in [9.17, 15) is 4.79 Å². The lowest BCUT2D eigenvalue weighted by molar-refractivity contribution is -0.124. The fourth-order valence-corrected chi connectivity index (χ4v) is 3.19. The number of nitrogens with two attached hydrogens (primary N) is 1. The van der Waals surface area contributed by atoms with Crippen LogP contribution in [0.5, 0.6) is 0 Å². The summed E-state index contributed by atoms with van der Waals surface area (Å²) in [6, 6.07) is -0.588. The predicted molar refractivity (Wildman–Crippen MR) is 76.5 cm³/mol. The number of hydrogen-bond donors (Lipinski definition) is 2. The van der Waals surface area contributed by atoms with Gasteiger partial charge in [0.25, 0.3) is 0 Å². The van der Waals surface area contributed by atoms with Crippen molar-refractivity contribution in [3.05, 3.63) is 0 Å². The normalized spacial score (nSPS) is 24.5. The molecule has 2 saturated heterocycles. The van der Waals surface area contributed by atoms with E-state index in [1.807, 2.05) is 0 Å². The first-order valence-corrected chi connectivity index (χ1v) is 7.53. The number of nitrogens with one attached hydrogen (secondary N) is 1. The molecular formula is C14H27N3O3. The van der Waals surface area contributed by atoms with Crippen molar-refractivity contribution in [1.29, 1.82) is 0 Å². The zero-order valence-corrected chi connectivity index (χ0v) is 12.4. The van der Waals surface area contributed by atoms with Gasteiger partial charge in [0.2, 0.25) is 5.91 Å². The molecule has 1 amide bonds. The zero-order chi connectivity index (χ0) is 14.4. The number of amides is 1. The van der Waals surface area contributed by atoms with E-state index in [-0.39, 0.29) is 18.1 Å². The number of hydrogen-bond acceptors (Lipinski definition) is 5. The summed E-state index contributed by atoms with van der Waals surface area (Å²) in [6.45, 7) is 4.71. The third-order valence-corrected chi connectivity index (χ3v) is 4.48. The third-order valence-electron chi connectivity index (χ3n) is 4.48. The van der Waals surface area contributed by atoms with E-state index in [4.69, 9.17) is 15.2 Å². The zero-order valence-electron chi connectivity index (χ0n) is 12.4.